The first-order valence-electron chi connectivity index (χ1n) is 4.30. The fourth-order valence-corrected chi connectivity index (χ4v) is 1.64. The Morgan fingerprint density at radius 2 is 1.86 bits per heavy atom. The van der Waals surface area contributed by atoms with E-state index in [0.717, 1.165) is 7.11 Å². The average molecular weight is 214 g/mol. The summed E-state index contributed by atoms with van der Waals surface area (Å²) in [7, 11) is 0.950. The van der Waals surface area contributed by atoms with Crippen LogP contribution in [0, 0.1) is 0 Å². The summed E-state index contributed by atoms with van der Waals surface area (Å²) in [5, 5.41) is 9.74. The second-order valence-corrected chi connectivity index (χ2v) is 3.37. The van der Waals surface area contributed by atoms with E-state index in [1.807, 2.05) is 0 Å². The van der Waals surface area contributed by atoms with Gasteiger partial charge in [-0.05, 0) is 0 Å². The lowest BCUT2D eigenvalue weighted by atomic mass is 9.88. The van der Waals surface area contributed by atoms with E-state index in [4.69, 9.17) is 4.74 Å². The van der Waals surface area contributed by atoms with Gasteiger partial charge in [0.25, 0.3) is 0 Å². The molecular formula is C8H13F3O3. The fourth-order valence-electron chi connectivity index (χ4n) is 1.64. The maximum absolute atomic E-state index is 12.4. The highest BCUT2D eigenvalue weighted by atomic mass is 19.4. The van der Waals surface area contributed by atoms with Crippen LogP contribution in [0.5, 0.6) is 0 Å². The van der Waals surface area contributed by atoms with Crippen molar-refractivity contribution in [3.8, 4) is 0 Å². The van der Waals surface area contributed by atoms with Gasteiger partial charge in [0.1, 0.15) is 5.60 Å². The largest absolute Gasteiger partial charge is 0.417 e. The number of methoxy groups -OCH3 is 1. The highest BCUT2D eigenvalue weighted by Gasteiger charge is 2.53. The zero-order valence-electron chi connectivity index (χ0n) is 7.80. The van der Waals surface area contributed by atoms with Gasteiger partial charge in [0.15, 0.2) is 6.10 Å². The fraction of sp³-hybridized carbons (Fsp3) is 1.00. The summed E-state index contributed by atoms with van der Waals surface area (Å²) < 4.78 is 46.5. The summed E-state index contributed by atoms with van der Waals surface area (Å²) in [5.41, 5.74) is -1.84. The minimum Gasteiger partial charge on any atom is -0.387 e. The van der Waals surface area contributed by atoms with Gasteiger partial charge in [0, 0.05) is 33.2 Å². The minimum absolute atomic E-state index is 0.0506. The maximum Gasteiger partial charge on any atom is 0.417 e. The Kier molecular flexibility index (Phi) is 3.39. The molecule has 1 rings (SSSR count). The van der Waals surface area contributed by atoms with Crippen molar-refractivity contribution in [1.82, 2.24) is 0 Å². The van der Waals surface area contributed by atoms with Gasteiger partial charge in [-0.25, -0.2) is 0 Å². The van der Waals surface area contributed by atoms with Crippen molar-refractivity contribution in [2.45, 2.75) is 30.7 Å². The van der Waals surface area contributed by atoms with Crippen LogP contribution in [-0.2, 0) is 9.47 Å². The van der Waals surface area contributed by atoms with Crippen LogP contribution in [0.1, 0.15) is 12.8 Å². The van der Waals surface area contributed by atoms with E-state index >= 15 is 0 Å². The molecule has 1 aliphatic heterocycles. The number of rotatable bonds is 2. The topological polar surface area (TPSA) is 38.7 Å². The molecule has 0 aliphatic carbocycles. The molecule has 0 spiro atoms. The molecule has 3 nitrogen and oxygen atoms in total. The van der Waals surface area contributed by atoms with E-state index in [9.17, 15) is 18.3 Å². The summed E-state index contributed by atoms with van der Waals surface area (Å²) in [6.45, 7) is 0.263. The van der Waals surface area contributed by atoms with E-state index in [-0.39, 0.29) is 26.1 Å². The molecule has 1 N–H and O–H groups in total. The molecule has 0 aromatic carbocycles. The molecule has 1 atom stereocenters. The van der Waals surface area contributed by atoms with Gasteiger partial charge < -0.3 is 14.6 Å². The summed E-state index contributed by atoms with van der Waals surface area (Å²) in [4.78, 5) is 0. The predicted octanol–water partition coefficient (Wildman–Crippen LogP) is 1.11. The van der Waals surface area contributed by atoms with Crippen LogP contribution in [-0.4, -0.2) is 43.3 Å². The van der Waals surface area contributed by atoms with Gasteiger partial charge in [0.05, 0.1) is 0 Å². The van der Waals surface area contributed by atoms with Gasteiger partial charge in [-0.3, -0.25) is 0 Å². The molecule has 14 heavy (non-hydrogen) atoms. The zero-order chi connectivity index (χ0) is 10.8. The summed E-state index contributed by atoms with van der Waals surface area (Å²) in [6.07, 6.45) is -6.77. The van der Waals surface area contributed by atoms with Crippen LogP contribution in [0.25, 0.3) is 0 Å². The zero-order valence-corrected chi connectivity index (χ0v) is 7.80. The molecule has 0 aromatic heterocycles. The summed E-state index contributed by atoms with van der Waals surface area (Å²) in [6, 6.07) is 0. The number of hydrogen-bond acceptors (Lipinski definition) is 3. The molecular weight excluding hydrogens is 201 g/mol. The Bertz CT molecular complexity index is 187. The second-order valence-electron chi connectivity index (χ2n) is 3.37. The monoisotopic (exact) mass is 214 g/mol. The number of alkyl halides is 3. The van der Waals surface area contributed by atoms with E-state index in [2.05, 4.69) is 4.74 Å². The molecule has 84 valence electrons. The molecule has 0 amide bonds. The molecule has 1 aliphatic rings. The first kappa shape index (κ1) is 11.7. The quantitative estimate of drug-likeness (QED) is 0.748. The highest BCUT2D eigenvalue weighted by molar-refractivity contribution is 4.93. The maximum atomic E-state index is 12.4. The molecule has 1 fully saturated rings. The summed E-state index contributed by atoms with van der Waals surface area (Å²) in [5.74, 6) is 0. The van der Waals surface area contributed by atoms with Crippen LogP contribution in [0.15, 0.2) is 0 Å². The normalized spacial score (nSPS) is 24.6. The van der Waals surface area contributed by atoms with Crippen molar-refractivity contribution < 1.29 is 27.8 Å². The SMILES string of the molecule is COC(C(F)(F)F)C1(O)CCOCC1. The van der Waals surface area contributed by atoms with Crippen LogP contribution in [0.3, 0.4) is 0 Å². The Labute approximate surface area is 79.8 Å². The molecule has 1 unspecified atom stereocenters. The van der Waals surface area contributed by atoms with Crippen molar-refractivity contribution in [3.63, 3.8) is 0 Å². The van der Waals surface area contributed by atoms with Gasteiger partial charge in [-0.15, -0.1) is 0 Å². The third kappa shape index (κ3) is 2.37. The van der Waals surface area contributed by atoms with E-state index in [0.29, 0.717) is 0 Å². The Balaban J connectivity index is 2.76. The summed E-state index contributed by atoms with van der Waals surface area (Å²) >= 11 is 0. The molecule has 1 saturated heterocycles. The molecule has 1 heterocycles. The minimum atomic E-state index is -4.54. The number of aliphatic hydroxyl groups is 1. The third-order valence-corrected chi connectivity index (χ3v) is 2.38. The van der Waals surface area contributed by atoms with Crippen LogP contribution in [0.2, 0.25) is 0 Å². The first-order chi connectivity index (χ1) is 6.40. The highest BCUT2D eigenvalue weighted by Crippen LogP contribution is 2.36. The molecule has 0 saturated carbocycles. The van der Waals surface area contributed by atoms with Crippen molar-refractivity contribution in [2.75, 3.05) is 20.3 Å². The van der Waals surface area contributed by atoms with Crippen molar-refractivity contribution in [2.24, 2.45) is 0 Å². The average Bonchev–Trinajstić information content (AvgIpc) is 2.03. The Hall–Kier alpha value is -0.330. The number of ether oxygens (including phenoxy) is 2. The van der Waals surface area contributed by atoms with E-state index < -0.39 is 17.9 Å². The molecule has 0 bridgehead atoms. The lowest BCUT2D eigenvalue weighted by molar-refractivity contribution is -0.276. The van der Waals surface area contributed by atoms with Crippen molar-refractivity contribution >= 4 is 0 Å². The van der Waals surface area contributed by atoms with Gasteiger partial charge in [-0.2, -0.15) is 13.2 Å². The van der Waals surface area contributed by atoms with Crippen LogP contribution >= 0.6 is 0 Å². The number of hydrogen-bond donors (Lipinski definition) is 1. The Morgan fingerprint density at radius 3 is 2.21 bits per heavy atom. The van der Waals surface area contributed by atoms with E-state index in [1.54, 1.807) is 0 Å². The first-order valence-corrected chi connectivity index (χ1v) is 4.30. The van der Waals surface area contributed by atoms with Gasteiger partial charge in [-0.1, -0.05) is 0 Å². The van der Waals surface area contributed by atoms with Crippen molar-refractivity contribution in [1.29, 1.82) is 0 Å². The molecule has 6 heteroatoms. The Morgan fingerprint density at radius 1 is 1.36 bits per heavy atom. The lowest BCUT2D eigenvalue weighted by Gasteiger charge is -2.38. The lowest BCUT2D eigenvalue weighted by Crippen LogP contribution is -2.54. The third-order valence-electron chi connectivity index (χ3n) is 2.38. The number of halogens is 3. The van der Waals surface area contributed by atoms with E-state index in [1.165, 1.54) is 0 Å². The smallest absolute Gasteiger partial charge is 0.387 e. The standard InChI is InChI=1S/C8H13F3O3/c1-13-6(8(9,10)11)7(12)2-4-14-5-3-7/h6,12H,2-5H2,1H3. The van der Waals surface area contributed by atoms with Crippen LogP contribution in [0.4, 0.5) is 13.2 Å². The van der Waals surface area contributed by atoms with Gasteiger partial charge in [0.2, 0.25) is 0 Å². The van der Waals surface area contributed by atoms with Crippen molar-refractivity contribution in [3.05, 3.63) is 0 Å². The van der Waals surface area contributed by atoms with Crippen LogP contribution < -0.4 is 0 Å². The predicted molar refractivity (Wildman–Crippen MR) is 41.9 cm³/mol. The molecule has 0 radical (unpaired) electrons. The van der Waals surface area contributed by atoms with Gasteiger partial charge >= 0.3 is 6.18 Å². The molecule has 0 aromatic rings. The second kappa shape index (κ2) is 4.04.